The van der Waals surface area contributed by atoms with Crippen molar-refractivity contribution in [2.45, 2.75) is 12.8 Å². The molecule has 0 rings (SSSR count). The molecule has 0 fully saturated rings. The fraction of sp³-hybridized carbons (Fsp3) is 0.625. The van der Waals surface area contributed by atoms with Crippen molar-refractivity contribution in [3.63, 3.8) is 0 Å². The second-order valence-electron chi connectivity index (χ2n) is 2.43. The van der Waals surface area contributed by atoms with E-state index in [1.54, 1.807) is 0 Å². The number of hydrogen-bond acceptors (Lipinski definition) is 5. The maximum atomic E-state index is 11.0. The zero-order valence-corrected chi connectivity index (χ0v) is 8.16. The average Bonchev–Trinajstić information content (AvgIpc) is 2.22. The largest absolute Gasteiger partial charge is 0.469 e. The molecule has 0 atom stereocenters. The Kier molecular flexibility index (Phi) is 6.09. The molecule has 0 aromatic carbocycles. The molecule has 6 nitrogen and oxygen atoms in total. The standard InChI is InChI=1S/C8H13NO5/c1-13-7(11)4-3-6(10)9-5-8(12)14-2/h3-5H2,1-2H3,(H,9,10). The van der Waals surface area contributed by atoms with Crippen molar-refractivity contribution in [1.29, 1.82) is 0 Å². The van der Waals surface area contributed by atoms with Crippen molar-refractivity contribution < 1.29 is 23.9 Å². The van der Waals surface area contributed by atoms with Gasteiger partial charge >= 0.3 is 11.9 Å². The number of carbonyl (C=O) groups is 3. The molecule has 0 saturated carbocycles. The highest BCUT2D eigenvalue weighted by atomic mass is 16.5. The van der Waals surface area contributed by atoms with E-state index in [1.165, 1.54) is 14.2 Å². The van der Waals surface area contributed by atoms with E-state index < -0.39 is 11.9 Å². The van der Waals surface area contributed by atoms with Gasteiger partial charge in [-0.15, -0.1) is 0 Å². The number of amides is 1. The van der Waals surface area contributed by atoms with Crippen molar-refractivity contribution >= 4 is 17.8 Å². The zero-order chi connectivity index (χ0) is 11.0. The molecule has 0 aliphatic heterocycles. The Hall–Kier alpha value is -1.59. The van der Waals surface area contributed by atoms with E-state index in [9.17, 15) is 14.4 Å². The van der Waals surface area contributed by atoms with Crippen LogP contribution in [0.15, 0.2) is 0 Å². The van der Waals surface area contributed by atoms with Crippen LogP contribution >= 0.6 is 0 Å². The van der Waals surface area contributed by atoms with Crippen molar-refractivity contribution in [3.8, 4) is 0 Å². The number of nitrogens with one attached hydrogen (secondary N) is 1. The molecule has 0 aromatic rings. The summed E-state index contributed by atoms with van der Waals surface area (Å²) in [5.41, 5.74) is 0. The van der Waals surface area contributed by atoms with Gasteiger partial charge in [-0.25, -0.2) is 0 Å². The number of esters is 2. The Morgan fingerprint density at radius 2 is 1.57 bits per heavy atom. The molecule has 80 valence electrons. The van der Waals surface area contributed by atoms with Gasteiger partial charge in [0.05, 0.1) is 20.6 Å². The Morgan fingerprint density at radius 3 is 2.07 bits per heavy atom. The summed E-state index contributed by atoms with van der Waals surface area (Å²) in [6.07, 6.45) is 0.00712. The van der Waals surface area contributed by atoms with E-state index in [2.05, 4.69) is 14.8 Å². The highest BCUT2D eigenvalue weighted by Gasteiger charge is 2.07. The SMILES string of the molecule is COC(=O)CCC(=O)NCC(=O)OC. The number of carbonyl (C=O) groups excluding carboxylic acids is 3. The summed E-state index contributed by atoms with van der Waals surface area (Å²) < 4.78 is 8.64. The van der Waals surface area contributed by atoms with Gasteiger partial charge in [0.15, 0.2) is 0 Å². The first-order valence-electron chi connectivity index (χ1n) is 4.00. The van der Waals surface area contributed by atoms with Gasteiger partial charge in [0, 0.05) is 6.42 Å². The molecule has 14 heavy (non-hydrogen) atoms. The molecule has 1 amide bonds. The lowest BCUT2D eigenvalue weighted by Crippen LogP contribution is -2.30. The molecular formula is C8H13NO5. The van der Waals surface area contributed by atoms with E-state index >= 15 is 0 Å². The molecule has 0 unspecified atom stereocenters. The molecular weight excluding hydrogens is 190 g/mol. The quantitative estimate of drug-likeness (QED) is 0.593. The normalized spacial score (nSPS) is 9.00. The van der Waals surface area contributed by atoms with Gasteiger partial charge in [-0.2, -0.15) is 0 Å². The van der Waals surface area contributed by atoms with Gasteiger partial charge in [-0.05, 0) is 0 Å². The molecule has 6 heteroatoms. The first-order valence-corrected chi connectivity index (χ1v) is 4.00. The van der Waals surface area contributed by atoms with Gasteiger partial charge in [0.2, 0.25) is 5.91 Å². The van der Waals surface area contributed by atoms with Crippen LogP contribution in [0.2, 0.25) is 0 Å². The fourth-order valence-electron chi connectivity index (χ4n) is 0.649. The smallest absolute Gasteiger partial charge is 0.325 e. The zero-order valence-electron chi connectivity index (χ0n) is 8.16. The molecule has 0 radical (unpaired) electrons. The topological polar surface area (TPSA) is 81.7 Å². The number of hydrogen-bond donors (Lipinski definition) is 1. The predicted octanol–water partition coefficient (Wildman–Crippen LogP) is -0.771. The van der Waals surface area contributed by atoms with Crippen LogP contribution in [0.4, 0.5) is 0 Å². The maximum Gasteiger partial charge on any atom is 0.325 e. The van der Waals surface area contributed by atoms with E-state index in [0.717, 1.165) is 0 Å². The summed E-state index contributed by atoms with van der Waals surface area (Å²) in [6.45, 7) is -0.184. The number of ether oxygens (including phenoxy) is 2. The van der Waals surface area contributed by atoms with E-state index in [-0.39, 0.29) is 25.3 Å². The van der Waals surface area contributed by atoms with Crippen LogP contribution in [-0.4, -0.2) is 38.6 Å². The lowest BCUT2D eigenvalue weighted by molar-refractivity contribution is -0.142. The van der Waals surface area contributed by atoms with Crippen molar-refractivity contribution in [3.05, 3.63) is 0 Å². The molecule has 0 spiro atoms. The summed E-state index contributed by atoms with van der Waals surface area (Å²) in [7, 11) is 2.47. The monoisotopic (exact) mass is 203 g/mol. The van der Waals surface area contributed by atoms with Gasteiger partial charge in [0.25, 0.3) is 0 Å². The van der Waals surface area contributed by atoms with E-state index in [4.69, 9.17) is 0 Å². The lowest BCUT2D eigenvalue weighted by atomic mass is 10.3. The Balaban J connectivity index is 3.56. The molecule has 0 heterocycles. The molecule has 0 saturated heterocycles. The summed E-state index contributed by atoms with van der Waals surface area (Å²) in [4.78, 5) is 32.2. The van der Waals surface area contributed by atoms with Gasteiger partial charge < -0.3 is 14.8 Å². The first-order chi connectivity index (χ1) is 6.60. The minimum Gasteiger partial charge on any atom is -0.469 e. The average molecular weight is 203 g/mol. The van der Waals surface area contributed by atoms with Crippen LogP contribution in [0.25, 0.3) is 0 Å². The molecule has 0 aliphatic carbocycles. The highest BCUT2D eigenvalue weighted by Crippen LogP contribution is 1.91. The van der Waals surface area contributed by atoms with Crippen molar-refractivity contribution in [2.75, 3.05) is 20.8 Å². The molecule has 1 N–H and O–H groups in total. The summed E-state index contributed by atoms with van der Waals surface area (Å²) in [5, 5.41) is 2.29. The van der Waals surface area contributed by atoms with E-state index in [1.807, 2.05) is 0 Å². The number of rotatable bonds is 5. The second kappa shape index (κ2) is 6.88. The van der Waals surface area contributed by atoms with Crippen LogP contribution in [0.3, 0.4) is 0 Å². The molecule has 0 bridgehead atoms. The van der Waals surface area contributed by atoms with Crippen LogP contribution in [0.1, 0.15) is 12.8 Å². The van der Waals surface area contributed by atoms with Crippen molar-refractivity contribution in [2.24, 2.45) is 0 Å². The molecule has 0 aliphatic rings. The van der Waals surface area contributed by atoms with Gasteiger partial charge in [-0.1, -0.05) is 0 Å². The summed E-state index contributed by atoms with van der Waals surface area (Å²) in [6, 6.07) is 0. The Morgan fingerprint density at radius 1 is 1.00 bits per heavy atom. The van der Waals surface area contributed by atoms with Gasteiger partial charge in [0.1, 0.15) is 6.54 Å². The first kappa shape index (κ1) is 12.4. The molecule has 0 aromatic heterocycles. The minimum absolute atomic E-state index is 0.00348. The Labute approximate surface area is 81.6 Å². The predicted molar refractivity (Wildman–Crippen MR) is 46.3 cm³/mol. The number of methoxy groups -OCH3 is 2. The third-order valence-corrected chi connectivity index (χ3v) is 1.44. The summed E-state index contributed by atoms with van der Waals surface area (Å²) in [5.74, 6) is -1.38. The Bertz CT molecular complexity index is 204. The fourth-order valence-corrected chi connectivity index (χ4v) is 0.649. The minimum atomic E-state index is -0.531. The van der Waals surface area contributed by atoms with E-state index in [0.29, 0.717) is 0 Å². The van der Waals surface area contributed by atoms with Crippen LogP contribution in [-0.2, 0) is 23.9 Å². The second-order valence-corrected chi connectivity index (χ2v) is 2.43. The third-order valence-electron chi connectivity index (χ3n) is 1.44. The van der Waals surface area contributed by atoms with Crippen LogP contribution in [0, 0.1) is 0 Å². The maximum absolute atomic E-state index is 11.0. The van der Waals surface area contributed by atoms with Crippen LogP contribution < -0.4 is 5.32 Å². The summed E-state index contributed by atoms with van der Waals surface area (Å²) >= 11 is 0. The third kappa shape index (κ3) is 5.99. The van der Waals surface area contributed by atoms with Crippen LogP contribution in [0.5, 0.6) is 0 Å². The highest BCUT2D eigenvalue weighted by molar-refractivity contribution is 5.84. The van der Waals surface area contributed by atoms with Gasteiger partial charge in [-0.3, -0.25) is 14.4 Å². The lowest BCUT2D eigenvalue weighted by Gasteiger charge is -2.02. The van der Waals surface area contributed by atoms with Crippen molar-refractivity contribution in [1.82, 2.24) is 5.32 Å².